The highest BCUT2D eigenvalue weighted by molar-refractivity contribution is 6.25. The van der Waals surface area contributed by atoms with E-state index in [4.69, 9.17) is 0 Å². The van der Waals surface area contributed by atoms with Crippen molar-refractivity contribution in [3.63, 3.8) is 0 Å². The Kier molecular flexibility index (Phi) is 6.77. The number of allylic oxidation sites excluding steroid dienone is 2. The minimum Gasteiger partial charge on any atom is -0.511 e. The molecule has 0 fully saturated rings. The molecule has 3 aliphatic rings. The zero-order chi connectivity index (χ0) is 30.9. The number of aromatic hydroxyl groups is 1. The average molecular weight is 572 g/mol. The Balaban J connectivity index is 1.75. The number of carbonyl (C=O) groups is 3. The molecule has 0 bridgehead atoms. The molecule has 1 unspecified atom stereocenters. The van der Waals surface area contributed by atoms with Crippen molar-refractivity contribution >= 4 is 23.4 Å². The lowest BCUT2D eigenvalue weighted by Gasteiger charge is -2.59. The first-order valence-corrected chi connectivity index (χ1v) is 14.1. The van der Waals surface area contributed by atoms with E-state index in [0.29, 0.717) is 5.56 Å². The number of Topliss-reactive ketones (excluding diaryl/α,β-unsaturated/α-hetero) is 3. The Hall–Kier alpha value is -4.17. The molecular weight excluding hydrogens is 534 g/mol. The minimum atomic E-state index is -2.62. The molecule has 0 saturated heterocycles. The van der Waals surface area contributed by atoms with E-state index in [1.54, 1.807) is 19.9 Å². The highest BCUT2D eigenvalue weighted by atomic mass is 16.3. The molecule has 4 atom stereocenters. The summed E-state index contributed by atoms with van der Waals surface area (Å²) in [5.74, 6) is -5.22. The van der Waals surface area contributed by atoms with Gasteiger partial charge in [0.05, 0.1) is 5.56 Å². The van der Waals surface area contributed by atoms with Gasteiger partial charge in [-0.1, -0.05) is 58.0 Å². The van der Waals surface area contributed by atoms with Crippen LogP contribution in [0.5, 0.6) is 5.75 Å². The summed E-state index contributed by atoms with van der Waals surface area (Å²) in [6.45, 7) is 8.17. The van der Waals surface area contributed by atoms with Crippen LogP contribution < -0.4 is 5.32 Å². The van der Waals surface area contributed by atoms with Crippen LogP contribution in [0.1, 0.15) is 62.5 Å². The maximum absolute atomic E-state index is 14.2. The molecular formula is C34H37NO7. The molecule has 0 aromatic heterocycles. The maximum atomic E-state index is 14.2. The van der Waals surface area contributed by atoms with Crippen LogP contribution in [0.25, 0.3) is 17.2 Å². The van der Waals surface area contributed by atoms with Crippen molar-refractivity contribution in [3.8, 4) is 16.9 Å². The molecule has 5 rings (SSSR count). The molecule has 2 aromatic rings. The molecule has 0 radical (unpaired) electrons. The second kappa shape index (κ2) is 9.70. The summed E-state index contributed by atoms with van der Waals surface area (Å²) in [6, 6.07) is 10.9. The Morgan fingerprint density at radius 1 is 1.05 bits per heavy atom. The number of benzene rings is 2. The van der Waals surface area contributed by atoms with Crippen molar-refractivity contribution < 1.29 is 34.8 Å². The number of rotatable bonds is 5. The van der Waals surface area contributed by atoms with Gasteiger partial charge in [0, 0.05) is 29.4 Å². The van der Waals surface area contributed by atoms with Crippen LogP contribution in [0.15, 0.2) is 65.3 Å². The number of fused-ring (bicyclic) bond motifs is 3. The smallest absolute Gasteiger partial charge is 0.209 e. The van der Waals surface area contributed by atoms with Crippen molar-refractivity contribution in [2.75, 3.05) is 7.05 Å². The van der Waals surface area contributed by atoms with E-state index in [1.807, 2.05) is 57.4 Å². The third kappa shape index (κ3) is 3.81. The lowest BCUT2D eigenvalue weighted by atomic mass is 9.44. The van der Waals surface area contributed by atoms with Crippen LogP contribution in [-0.4, -0.2) is 50.4 Å². The largest absolute Gasteiger partial charge is 0.511 e. The lowest BCUT2D eigenvalue weighted by Crippen LogP contribution is -2.67. The van der Waals surface area contributed by atoms with Gasteiger partial charge in [-0.15, -0.1) is 0 Å². The number of hydrogen-bond acceptors (Lipinski definition) is 8. The zero-order valence-electron chi connectivity index (χ0n) is 24.7. The molecule has 2 aromatic carbocycles. The number of phenols is 1. The first-order chi connectivity index (χ1) is 19.6. The average Bonchev–Trinajstić information content (AvgIpc) is 2.89. The number of ketones is 3. The summed E-state index contributed by atoms with van der Waals surface area (Å²) in [7, 11) is 1.81. The van der Waals surface area contributed by atoms with Crippen LogP contribution in [-0.2, 0) is 16.0 Å². The van der Waals surface area contributed by atoms with Gasteiger partial charge in [-0.3, -0.25) is 14.4 Å². The van der Waals surface area contributed by atoms with E-state index in [2.05, 4.69) is 5.32 Å². The molecule has 3 aliphatic carbocycles. The fourth-order valence-electron chi connectivity index (χ4n) is 7.96. The van der Waals surface area contributed by atoms with Crippen molar-refractivity contribution in [1.82, 2.24) is 5.32 Å². The highest BCUT2D eigenvalue weighted by Crippen LogP contribution is 2.65. The van der Waals surface area contributed by atoms with Crippen molar-refractivity contribution in [2.45, 2.75) is 53.1 Å². The fraction of sp³-hybridized carbons (Fsp3) is 0.382. The Labute approximate surface area is 245 Å². The van der Waals surface area contributed by atoms with Gasteiger partial charge in [-0.2, -0.15) is 0 Å². The molecule has 42 heavy (non-hydrogen) atoms. The van der Waals surface area contributed by atoms with Crippen molar-refractivity contribution in [3.05, 3.63) is 82.0 Å². The van der Waals surface area contributed by atoms with Crippen molar-refractivity contribution in [1.29, 1.82) is 0 Å². The number of nitrogens with one attached hydrogen (secondary N) is 1. The first-order valence-electron chi connectivity index (χ1n) is 14.1. The van der Waals surface area contributed by atoms with E-state index in [0.717, 1.165) is 23.6 Å². The number of aliphatic hydroxyl groups is 3. The molecule has 8 heteroatoms. The summed E-state index contributed by atoms with van der Waals surface area (Å²) in [5, 5.41) is 49.1. The van der Waals surface area contributed by atoms with Crippen LogP contribution in [0.2, 0.25) is 0 Å². The van der Waals surface area contributed by atoms with Gasteiger partial charge in [0.15, 0.2) is 17.2 Å². The van der Waals surface area contributed by atoms with Crippen LogP contribution in [0, 0.1) is 22.7 Å². The topological polar surface area (TPSA) is 144 Å². The number of aliphatic hydroxyl groups excluding tert-OH is 2. The minimum absolute atomic E-state index is 0.00623. The molecule has 8 nitrogen and oxygen atoms in total. The number of hydrogen-bond donors (Lipinski definition) is 5. The molecule has 0 heterocycles. The quantitative estimate of drug-likeness (QED) is 0.308. The SMILES string of the molecule is CN/C=C\c1ccc(-c2ccc(O)c3c2C[C@]2(C)C[C@]4(C)C(C(C)C)C(O)=C(C(C)=O)C(=O)[C@]4(O)C(O)=C2C3=O)cc1. The van der Waals surface area contributed by atoms with Gasteiger partial charge >= 0.3 is 0 Å². The van der Waals surface area contributed by atoms with Gasteiger partial charge in [0.25, 0.3) is 0 Å². The van der Waals surface area contributed by atoms with Crippen LogP contribution >= 0.6 is 0 Å². The Morgan fingerprint density at radius 2 is 1.69 bits per heavy atom. The molecule has 0 spiro atoms. The standard InChI is InChI=1S/C34H37NO7/c1-17(2)26-28(38)24(18(3)36)30(40)34(42)31(41)27-29(39)25-22(15-32(27,4)16-33(26,34)5)21(11-12-23(25)37)20-9-7-19(8-10-20)13-14-35-6/h7-14,17,26,35,37-38,41-42H,15-16H2,1-6H3/b14-13-/t26?,32-,33-,34+/m1/s1. The number of phenolic OH excluding ortho intramolecular Hbond substituents is 1. The molecule has 0 aliphatic heterocycles. The monoisotopic (exact) mass is 571 g/mol. The van der Waals surface area contributed by atoms with Gasteiger partial charge in [0.2, 0.25) is 5.78 Å². The van der Waals surface area contributed by atoms with Gasteiger partial charge in [-0.05, 0) is 66.3 Å². The molecule has 5 N–H and O–H groups in total. The summed E-state index contributed by atoms with van der Waals surface area (Å²) < 4.78 is 0. The first kappa shape index (κ1) is 29.3. The Morgan fingerprint density at radius 3 is 2.26 bits per heavy atom. The predicted molar refractivity (Wildman–Crippen MR) is 159 cm³/mol. The van der Waals surface area contributed by atoms with Gasteiger partial charge in [-0.25, -0.2) is 0 Å². The fourth-order valence-corrected chi connectivity index (χ4v) is 7.96. The van der Waals surface area contributed by atoms with E-state index in [1.165, 1.54) is 6.07 Å². The lowest BCUT2D eigenvalue weighted by molar-refractivity contribution is -0.171. The number of carbonyl (C=O) groups excluding carboxylic acids is 3. The Bertz CT molecular complexity index is 1630. The zero-order valence-corrected chi connectivity index (χ0v) is 24.7. The molecule has 0 saturated carbocycles. The van der Waals surface area contributed by atoms with E-state index in [9.17, 15) is 34.8 Å². The normalized spacial score (nSPS) is 29.1. The summed E-state index contributed by atoms with van der Waals surface area (Å²) in [6.07, 6.45) is 4.00. The summed E-state index contributed by atoms with van der Waals surface area (Å²) in [4.78, 5) is 40.5. The predicted octanol–water partition coefficient (Wildman–Crippen LogP) is 5.20. The van der Waals surface area contributed by atoms with E-state index < -0.39 is 56.8 Å². The second-order valence-electron chi connectivity index (χ2n) is 12.7. The second-order valence-corrected chi connectivity index (χ2v) is 12.7. The van der Waals surface area contributed by atoms with Gasteiger partial charge < -0.3 is 25.7 Å². The maximum Gasteiger partial charge on any atom is 0.209 e. The van der Waals surface area contributed by atoms with Crippen LogP contribution in [0.4, 0.5) is 0 Å². The molecule has 0 amide bonds. The van der Waals surface area contributed by atoms with Gasteiger partial charge in [0.1, 0.15) is 22.8 Å². The van der Waals surface area contributed by atoms with E-state index >= 15 is 0 Å². The molecule has 220 valence electrons. The van der Waals surface area contributed by atoms with Crippen molar-refractivity contribution in [2.24, 2.45) is 22.7 Å². The summed E-state index contributed by atoms with van der Waals surface area (Å²) in [5.41, 5.74) is -2.73. The third-order valence-corrected chi connectivity index (χ3v) is 9.55. The van der Waals surface area contributed by atoms with E-state index in [-0.39, 0.29) is 35.6 Å². The third-order valence-electron chi connectivity index (χ3n) is 9.55. The highest BCUT2D eigenvalue weighted by Gasteiger charge is 2.71. The van der Waals surface area contributed by atoms with Crippen LogP contribution in [0.3, 0.4) is 0 Å². The summed E-state index contributed by atoms with van der Waals surface area (Å²) >= 11 is 0.